The molecule has 4 nitrogen and oxygen atoms in total. The van der Waals surface area contributed by atoms with Gasteiger partial charge < -0.3 is 0 Å². The van der Waals surface area contributed by atoms with Gasteiger partial charge in [0.15, 0.2) is 12.4 Å². The van der Waals surface area contributed by atoms with Gasteiger partial charge in [0, 0.05) is 12.4 Å². The molecule has 0 atom stereocenters. The summed E-state index contributed by atoms with van der Waals surface area (Å²) in [6, 6.07) is 0. The van der Waals surface area contributed by atoms with E-state index in [0.717, 1.165) is 12.8 Å². The number of hydrogen-bond donors (Lipinski definition) is 0. The quantitative estimate of drug-likeness (QED) is 0.572. The van der Waals surface area contributed by atoms with E-state index in [1.807, 2.05) is 19.3 Å². The lowest BCUT2D eigenvalue weighted by molar-refractivity contribution is 0.245. The molecule has 0 unspecified atom stereocenters. The second-order valence-corrected chi connectivity index (χ2v) is 2.58. The van der Waals surface area contributed by atoms with Gasteiger partial charge in [-0.05, 0) is 6.42 Å². The molecule has 0 fully saturated rings. The predicted molar refractivity (Wildman–Crippen MR) is 42.7 cm³/mol. The lowest BCUT2D eigenvalue weighted by Crippen LogP contribution is -2.33. The van der Waals surface area contributed by atoms with Gasteiger partial charge in [-0.3, -0.25) is 9.80 Å². The number of nitriles is 2. The van der Waals surface area contributed by atoms with Crippen molar-refractivity contribution in [2.24, 2.45) is 0 Å². The first-order valence-electron chi connectivity index (χ1n) is 3.88. The molecule has 1 aliphatic rings. The van der Waals surface area contributed by atoms with E-state index >= 15 is 0 Å². The van der Waals surface area contributed by atoms with Gasteiger partial charge >= 0.3 is 0 Å². The van der Waals surface area contributed by atoms with E-state index in [4.69, 9.17) is 10.5 Å². The summed E-state index contributed by atoms with van der Waals surface area (Å²) >= 11 is 0. The van der Waals surface area contributed by atoms with Gasteiger partial charge in [0.1, 0.15) is 6.17 Å². The topological polar surface area (TPSA) is 54.1 Å². The molecule has 0 spiro atoms. The Morgan fingerprint density at radius 2 is 1.75 bits per heavy atom. The first kappa shape index (κ1) is 8.42. The summed E-state index contributed by atoms with van der Waals surface area (Å²) in [5, 5.41) is 17.3. The third-order valence-electron chi connectivity index (χ3n) is 1.81. The normalized spacial score (nSPS) is 16.2. The average molecular weight is 162 g/mol. The monoisotopic (exact) mass is 162 g/mol. The zero-order valence-corrected chi connectivity index (χ0v) is 6.94. The fourth-order valence-electron chi connectivity index (χ4n) is 1.21. The van der Waals surface area contributed by atoms with Crippen molar-refractivity contribution in [3.63, 3.8) is 0 Å². The maximum Gasteiger partial charge on any atom is 0.185 e. The minimum absolute atomic E-state index is 0.0926. The van der Waals surface area contributed by atoms with E-state index in [1.54, 1.807) is 12.4 Å². The Bertz CT molecular complexity index is 233. The van der Waals surface area contributed by atoms with Crippen LogP contribution in [0.15, 0.2) is 12.4 Å². The molecule has 0 amide bonds. The van der Waals surface area contributed by atoms with E-state index in [-0.39, 0.29) is 6.17 Å². The Morgan fingerprint density at radius 1 is 1.25 bits per heavy atom. The van der Waals surface area contributed by atoms with Crippen molar-refractivity contribution in [1.82, 2.24) is 9.80 Å². The maximum atomic E-state index is 8.66. The third-order valence-corrected chi connectivity index (χ3v) is 1.81. The molecule has 0 aromatic heterocycles. The Morgan fingerprint density at radius 3 is 2.08 bits per heavy atom. The molecule has 0 saturated carbocycles. The van der Waals surface area contributed by atoms with Crippen molar-refractivity contribution in [3.8, 4) is 12.4 Å². The summed E-state index contributed by atoms with van der Waals surface area (Å²) < 4.78 is 0. The van der Waals surface area contributed by atoms with E-state index in [2.05, 4.69) is 0 Å². The summed E-state index contributed by atoms with van der Waals surface area (Å²) in [6.45, 7) is 2.03. The highest BCUT2D eigenvalue weighted by atomic mass is 15.4. The van der Waals surface area contributed by atoms with Crippen LogP contribution in [0.4, 0.5) is 0 Å². The first-order valence-corrected chi connectivity index (χ1v) is 3.88. The molecule has 4 heteroatoms. The van der Waals surface area contributed by atoms with Gasteiger partial charge in [0.05, 0.1) is 0 Å². The van der Waals surface area contributed by atoms with E-state index in [1.165, 1.54) is 9.80 Å². The lowest BCUT2D eigenvalue weighted by Gasteiger charge is -2.21. The lowest BCUT2D eigenvalue weighted by atomic mass is 10.2. The molecule has 62 valence electrons. The second kappa shape index (κ2) is 3.64. The Kier molecular flexibility index (Phi) is 2.55. The van der Waals surface area contributed by atoms with E-state index < -0.39 is 0 Å². The molecule has 0 aromatic carbocycles. The molecule has 12 heavy (non-hydrogen) atoms. The fraction of sp³-hybridized carbons (Fsp3) is 0.500. The summed E-state index contributed by atoms with van der Waals surface area (Å²) in [4.78, 5) is 2.99. The summed E-state index contributed by atoms with van der Waals surface area (Å²) in [6.07, 6.45) is 8.99. The molecular weight excluding hydrogens is 152 g/mol. The van der Waals surface area contributed by atoms with Gasteiger partial charge in [-0.1, -0.05) is 13.3 Å². The number of hydrogen-bond acceptors (Lipinski definition) is 4. The smallest absolute Gasteiger partial charge is 0.185 e. The highest BCUT2D eigenvalue weighted by Crippen LogP contribution is 2.17. The Hall–Kier alpha value is -1.68. The van der Waals surface area contributed by atoms with Gasteiger partial charge in [0.25, 0.3) is 0 Å². The van der Waals surface area contributed by atoms with Crippen molar-refractivity contribution in [2.45, 2.75) is 25.9 Å². The average Bonchev–Trinajstić information content (AvgIpc) is 2.48. The van der Waals surface area contributed by atoms with Crippen LogP contribution < -0.4 is 0 Å². The molecule has 0 N–H and O–H groups in total. The Labute approximate surface area is 71.9 Å². The molecule has 0 bridgehead atoms. The molecule has 0 aliphatic carbocycles. The van der Waals surface area contributed by atoms with Crippen molar-refractivity contribution >= 4 is 0 Å². The van der Waals surface area contributed by atoms with Crippen LogP contribution in [0, 0.1) is 22.9 Å². The van der Waals surface area contributed by atoms with Crippen molar-refractivity contribution in [2.75, 3.05) is 0 Å². The highest BCUT2D eigenvalue weighted by Gasteiger charge is 2.24. The van der Waals surface area contributed by atoms with Gasteiger partial charge in [-0.2, -0.15) is 10.5 Å². The van der Waals surface area contributed by atoms with Gasteiger partial charge in [0.2, 0.25) is 0 Å². The Balaban J connectivity index is 2.67. The fourth-order valence-corrected chi connectivity index (χ4v) is 1.21. The zero-order valence-electron chi connectivity index (χ0n) is 6.94. The molecule has 0 aromatic rings. The first-order chi connectivity index (χ1) is 5.83. The third kappa shape index (κ3) is 1.33. The minimum atomic E-state index is -0.0926. The van der Waals surface area contributed by atoms with Crippen molar-refractivity contribution in [3.05, 3.63) is 12.4 Å². The molecule has 1 rings (SSSR count). The maximum absolute atomic E-state index is 8.66. The van der Waals surface area contributed by atoms with Gasteiger partial charge in [-0.25, -0.2) is 0 Å². The molecule has 1 aliphatic heterocycles. The van der Waals surface area contributed by atoms with E-state index in [9.17, 15) is 0 Å². The van der Waals surface area contributed by atoms with Crippen LogP contribution in [0.5, 0.6) is 0 Å². The second-order valence-electron chi connectivity index (χ2n) is 2.58. The van der Waals surface area contributed by atoms with Crippen LogP contribution in [0.25, 0.3) is 0 Å². The molecule has 0 saturated heterocycles. The van der Waals surface area contributed by atoms with E-state index in [0.29, 0.717) is 0 Å². The molecule has 0 radical (unpaired) electrons. The van der Waals surface area contributed by atoms with Crippen LogP contribution in [0.1, 0.15) is 19.8 Å². The highest BCUT2D eigenvalue weighted by molar-refractivity contribution is 5.06. The van der Waals surface area contributed by atoms with Crippen LogP contribution in [0.2, 0.25) is 0 Å². The zero-order chi connectivity index (χ0) is 8.97. The molecular formula is C8H10N4. The summed E-state index contributed by atoms with van der Waals surface area (Å²) in [5.74, 6) is 0. The van der Waals surface area contributed by atoms with Crippen LogP contribution in [-0.2, 0) is 0 Å². The summed E-state index contributed by atoms with van der Waals surface area (Å²) in [5.41, 5.74) is 0. The predicted octanol–water partition coefficient (Wildman–Crippen LogP) is 1.16. The van der Waals surface area contributed by atoms with Crippen molar-refractivity contribution < 1.29 is 0 Å². The van der Waals surface area contributed by atoms with Crippen LogP contribution >= 0.6 is 0 Å². The molecule has 1 heterocycles. The number of rotatable bonds is 2. The van der Waals surface area contributed by atoms with Crippen LogP contribution in [0.3, 0.4) is 0 Å². The largest absolute Gasteiger partial charge is 0.262 e. The van der Waals surface area contributed by atoms with Crippen molar-refractivity contribution in [1.29, 1.82) is 10.5 Å². The SMILES string of the molecule is CCCC1N(C#N)C=CN1C#N. The van der Waals surface area contributed by atoms with Gasteiger partial charge in [-0.15, -0.1) is 0 Å². The standard InChI is InChI=1S/C8H10N4/c1-2-3-8-11(6-9)4-5-12(8)7-10/h4-5,8H,2-3H2,1H3. The summed E-state index contributed by atoms with van der Waals surface area (Å²) in [7, 11) is 0. The minimum Gasteiger partial charge on any atom is -0.262 e. The van der Waals surface area contributed by atoms with Crippen LogP contribution in [-0.4, -0.2) is 16.0 Å². The number of nitrogens with zero attached hydrogens (tertiary/aromatic N) is 4.